The lowest BCUT2D eigenvalue weighted by Crippen LogP contribution is -2.38. The number of sulfonamides is 1. The van der Waals surface area contributed by atoms with Crippen LogP contribution >= 0.6 is 0 Å². The van der Waals surface area contributed by atoms with Gasteiger partial charge in [0.2, 0.25) is 0 Å². The van der Waals surface area contributed by atoms with E-state index >= 15 is 0 Å². The molecule has 6 heteroatoms. The summed E-state index contributed by atoms with van der Waals surface area (Å²) in [5.41, 5.74) is 6.30. The van der Waals surface area contributed by atoms with E-state index in [9.17, 15) is 13.2 Å². The summed E-state index contributed by atoms with van der Waals surface area (Å²) in [6, 6.07) is 15.2. The minimum absolute atomic E-state index is 0.0219. The largest absolute Gasteiger partial charge is 0.316 e. The van der Waals surface area contributed by atoms with Crippen molar-refractivity contribution in [2.24, 2.45) is 5.73 Å². The molecule has 5 nitrogen and oxygen atoms in total. The van der Waals surface area contributed by atoms with E-state index in [-0.39, 0.29) is 4.90 Å². The summed E-state index contributed by atoms with van der Waals surface area (Å²) in [4.78, 5) is 11.9. The van der Waals surface area contributed by atoms with Crippen LogP contribution in [0, 0.1) is 0 Å². The highest BCUT2D eigenvalue weighted by Gasteiger charge is 2.22. The number of amides is 1. The summed E-state index contributed by atoms with van der Waals surface area (Å²) in [6.07, 6.45) is 0. The summed E-state index contributed by atoms with van der Waals surface area (Å²) in [6.45, 7) is 0. The molecule has 104 valence electrons. The standard InChI is InChI=1S/C14H14N2O3S/c15-13(11-7-3-1-4-8-11)14(17)16-20(18,19)12-9-5-2-6-10-12/h1-10,13H,15H2,(H,16,17)/t13-/m1/s1. The highest BCUT2D eigenvalue weighted by Crippen LogP contribution is 2.12. The highest BCUT2D eigenvalue weighted by atomic mass is 32.2. The average molecular weight is 290 g/mol. The van der Waals surface area contributed by atoms with Crippen LogP contribution in [0.2, 0.25) is 0 Å². The van der Waals surface area contributed by atoms with Gasteiger partial charge < -0.3 is 5.73 Å². The second-order valence-corrected chi connectivity index (χ2v) is 5.85. The Kier molecular flexibility index (Phi) is 4.16. The third-order valence-electron chi connectivity index (χ3n) is 2.73. The first-order valence-electron chi connectivity index (χ1n) is 5.93. The van der Waals surface area contributed by atoms with Crippen molar-refractivity contribution in [3.8, 4) is 0 Å². The van der Waals surface area contributed by atoms with Gasteiger partial charge >= 0.3 is 0 Å². The number of nitrogens with one attached hydrogen (secondary N) is 1. The summed E-state index contributed by atoms with van der Waals surface area (Å²) < 4.78 is 26.0. The first-order chi connectivity index (χ1) is 9.50. The topological polar surface area (TPSA) is 89.3 Å². The molecule has 2 rings (SSSR count). The fourth-order valence-corrected chi connectivity index (χ4v) is 2.69. The Bertz CT molecular complexity index is 685. The van der Waals surface area contributed by atoms with Crippen molar-refractivity contribution in [1.29, 1.82) is 0 Å². The van der Waals surface area contributed by atoms with E-state index in [4.69, 9.17) is 5.73 Å². The molecule has 1 atom stereocenters. The van der Waals surface area contributed by atoms with E-state index in [1.54, 1.807) is 48.5 Å². The van der Waals surface area contributed by atoms with Gasteiger partial charge in [-0.2, -0.15) is 0 Å². The second kappa shape index (κ2) is 5.85. The maximum atomic E-state index is 12.0. The fraction of sp³-hybridized carbons (Fsp3) is 0.0714. The molecule has 0 aliphatic rings. The molecular weight excluding hydrogens is 276 g/mol. The third kappa shape index (κ3) is 3.23. The van der Waals surface area contributed by atoms with Crippen LogP contribution in [0.25, 0.3) is 0 Å². The Morgan fingerprint density at radius 2 is 1.45 bits per heavy atom. The summed E-state index contributed by atoms with van der Waals surface area (Å²) in [5, 5.41) is 0. The van der Waals surface area contributed by atoms with Crippen molar-refractivity contribution in [3.63, 3.8) is 0 Å². The molecule has 0 heterocycles. The number of carbonyl (C=O) groups excluding carboxylic acids is 1. The Balaban J connectivity index is 2.16. The van der Waals surface area contributed by atoms with E-state index in [0.717, 1.165) is 0 Å². The molecule has 0 aliphatic heterocycles. The number of benzene rings is 2. The number of rotatable bonds is 4. The smallest absolute Gasteiger partial charge is 0.264 e. The Hall–Kier alpha value is -2.18. The quantitative estimate of drug-likeness (QED) is 0.885. The number of hydrogen-bond acceptors (Lipinski definition) is 4. The molecule has 0 aliphatic carbocycles. The van der Waals surface area contributed by atoms with Crippen LogP contribution in [-0.2, 0) is 14.8 Å². The van der Waals surface area contributed by atoms with Gasteiger partial charge in [-0.15, -0.1) is 0 Å². The van der Waals surface area contributed by atoms with Gasteiger partial charge in [0, 0.05) is 0 Å². The van der Waals surface area contributed by atoms with Gasteiger partial charge in [-0.3, -0.25) is 4.79 Å². The minimum Gasteiger partial charge on any atom is -0.316 e. The van der Waals surface area contributed by atoms with Gasteiger partial charge in [0.05, 0.1) is 4.90 Å². The monoisotopic (exact) mass is 290 g/mol. The summed E-state index contributed by atoms with van der Waals surface area (Å²) >= 11 is 0. The van der Waals surface area contributed by atoms with Crippen LogP contribution < -0.4 is 10.5 Å². The van der Waals surface area contributed by atoms with Crippen molar-refractivity contribution in [2.75, 3.05) is 0 Å². The molecule has 2 aromatic rings. The molecule has 0 saturated carbocycles. The van der Waals surface area contributed by atoms with E-state index < -0.39 is 22.0 Å². The normalized spacial score (nSPS) is 12.7. The maximum absolute atomic E-state index is 12.0. The van der Waals surface area contributed by atoms with Crippen LogP contribution in [0.3, 0.4) is 0 Å². The fourth-order valence-electron chi connectivity index (χ4n) is 1.67. The molecule has 0 saturated heterocycles. The van der Waals surface area contributed by atoms with Crippen molar-refractivity contribution < 1.29 is 13.2 Å². The van der Waals surface area contributed by atoms with E-state index in [2.05, 4.69) is 0 Å². The molecule has 3 N–H and O–H groups in total. The first-order valence-corrected chi connectivity index (χ1v) is 7.41. The predicted molar refractivity (Wildman–Crippen MR) is 75.1 cm³/mol. The van der Waals surface area contributed by atoms with E-state index in [0.29, 0.717) is 5.56 Å². The predicted octanol–water partition coefficient (Wildman–Crippen LogP) is 1.19. The molecule has 2 aromatic carbocycles. The van der Waals surface area contributed by atoms with Crippen LogP contribution in [-0.4, -0.2) is 14.3 Å². The van der Waals surface area contributed by atoms with Gasteiger partial charge in [0.1, 0.15) is 6.04 Å². The molecule has 0 unspecified atom stereocenters. The first kappa shape index (κ1) is 14.2. The van der Waals surface area contributed by atoms with Crippen LogP contribution in [0.15, 0.2) is 65.6 Å². The molecule has 20 heavy (non-hydrogen) atoms. The van der Waals surface area contributed by atoms with Crippen molar-refractivity contribution in [3.05, 3.63) is 66.2 Å². The van der Waals surface area contributed by atoms with Gasteiger partial charge in [-0.25, -0.2) is 13.1 Å². The number of carbonyl (C=O) groups is 1. The molecule has 0 spiro atoms. The van der Waals surface area contributed by atoms with Crippen LogP contribution in [0.4, 0.5) is 0 Å². The zero-order chi connectivity index (χ0) is 14.6. The Morgan fingerprint density at radius 3 is 2.00 bits per heavy atom. The van der Waals surface area contributed by atoms with Crippen molar-refractivity contribution in [2.45, 2.75) is 10.9 Å². The highest BCUT2D eigenvalue weighted by molar-refractivity contribution is 7.90. The van der Waals surface area contributed by atoms with Gasteiger partial charge in [0.25, 0.3) is 15.9 Å². The molecular formula is C14H14N2O3S. The maximum Gasteiger partial charge on any atom is 0.264 e. The van der Waals surface area contributed by atoms with Crippen LogP contribution in [0.5, 0.6) is 0 Å². The van der Waals surface area contributed by atoms with Gasteiger partial charge in [-0.05, 0) is 17.7 Å². The lowest BCUT2D eigenvalue weighted by Gasteiger charge is -2.12. The Labute approximate surface area is 117 Å². The van der Waals surface area contributed by atoms with Crippen molar-refractivity contribution >= 4 is 15.9 Å². The van der Waals surface area contributed by atoms with Crippen LogP contribution in [0.1, 0.15) is 11.6 Å². The number of nitrogens with two attached hydrogens (primary N) is 1. The van der Waals surface area contributed by atoms with Gasteiger partial charge in [0.15, 0.2) is 0 Å². The third-order valence-corrected chi connectivity index (χ3v) is 4.09. The second-order valence-electron chi connectivity index (χ2n) is 4.17. The average Bonchev–Trinajstić information content (AvgIpc) is 2.48. The molecule has 0 aromatic heterocycles. The molecule has 0 bridgehead atoms. The molecule has 0 radical (unpaired) electrons. The lowest BCUT2D eigenvalue weighted by molar-refractivity contribution is -0.120. The lowest BCUT2D eigenvalue weighted by atomic mass is 10.1. The molecule has 0 fully saturated rings. The summed E-state index contributed by atoms with van der Waals surface area (Å²) in [7, 11) is -3.89. The molecule has 1 amide bonds. The zero-order valence-electron chi connectivity index (χ0n) is 10.6. The Morgan fingerprint density at radius 1 is 0.950 bits per heavy atom. The van der Waals surface area contributed by atoms with E-state index in [1.165, 1.54) is 12.1 Å². The summed E-state index contributed by atoms with van der Waals surface area (Å²) in [5.74, 6) is -0.764. The van der Waals surface area contributed by atoms with Crippen molar-refractivity contribution in [1.82, 2.24) is 4.72 Å². The van der Waals surface area contributed by atoms with E-state index in [1.807, 2.05) is 4.72 Å². The zero-order valence-corrected chi connectivity index (χ0v) is 11.4. The number of hydrogen-bond donors (Lipinski definition) is 2. The minimum atomic E-state index is -3.89. The van der Waals surface area contributed by atoms with Gasteiger partial charge in [-0.1, -0.05) is 48.5 Å². The SMILES string of the molecule is N[C@@H](C(=O)NS(=O)(=O)c1ccccc1)c1ccccc1.